The van der Waals surface area contributed by atoms with Crippen molar-refractivity contribution < 1.29 is 4.39 Å². The molecule has 0 spiro atoms. The zero-order valence-corrected chi connectivity index (χ0v) is 12.8. The van der Waals surface area contributed by atoms with Crippen molar-refractivity contribution in [2.45, 2.75) is 31.2 Å². The van der Waals surface area contributed by atoms with Crippen molar-refractivity contribution in [2.24, 2.45) is 0 Å². The van der Waals surface area contributed by atoms with Crippen LogP contribution < -0.4 is 5.32 Å². The van der Waals surface area contributed by atoms with E-state index < -0.39 is 0 Å². The second-order valence-electron chi connectivity index (χ2n) is 5.68. The van der Waals surface area contributed by atoms with E-state index in [0.717, 1.165) is 18.4 Å². The molecule has 0 heterocycles. The Labute approximate surface area is 130 Å². The molecule has 21 heavy (non-hydrogen) atoms. The Morgan fingerprint density at radius 2 is 2.10 bits per heavy atom. The van der Waals surface area contributed by atoms with E-state index in [1.54, 1.807) is 12.1 Å². The fourth-order valence-corrected chi connectivity index (χ4v) is 3.54. The molecule has 2 atom stereocenters. The van der Waals surface area contributed by atoms with E-state index in [9.17, 15) is 4.39 Å². The van der Waals surface area contributed by atoms with Crippen LogP contribution in [-0.2, 0) is 12.8 Å². The summed E-state index contributed by atoms with van der Waals surface area (Å²) in [4.78, 5) is 0. The fourth-order valence-electron chi connectivity index (χ4n) is 3.38. The van der Waals surface area contributed by atoms with Gasteiger partial charge in [0.15, 0.2) is 0 Å². The molecule has 0 bridgehead atoms. The molecule has 2 aromatic carbocycles. The van der Waals surface area contributed by atoms with E-state index in [1.807, 2.05) is 7.05 Å². The van der Waals surface area contributed by atoms with E-state index in [0.29, 0.717) is 17.4 Å². The lowest BCUT2D eigenvalue weighted by Gasteiger charge is -2.24. The first kappa shape index (κ1) is 14.6. The maximum atomic E-state index is 14.0. The van der Waals surface area contributed by atoms with Crippen molar-refractivity contribution in [1.82, 2.24) is 5.32 Å². The molecule has 3 heteroatoms. The molecule has 1 aliphatic carbocycles. The summed E-state index contributed by atoms with van der Waals surface area (Å²) in [6, 6.07) is 13.8. The molecule has 2 unspecified atom stereocenters. The second-order valence-corrected chi connectivity index (χ2v) is 6.12. The number of fused-ring (bicyclic) bond motifs is 1. The Kier molecular flexibility index (Phi) is 4.27. The molecule has 3 rings (SSSR count). The lowest BCUT2D eigenvalue weighted by Crippen LogP contribution is -2.33. The summed E-state index contributed by atoms with van der Waals surface area (Å²) in [6.45, 7) is 0. The standard InChI is InChI=1S/C18H19ClFN/c1-21-18(10-13-6-8-14(19)11-17(13)20)16-9-7-12-4-2-3-5-15(12)16/h2-6,8,11,16,18,21H,7,9-10H2,1H3. The van der Waals surface area contributed by atoms with E-state index in [4.69, 9.17) is 11.6 Å². The fraction of sp³-hybridized carbons (Fsp3) is 0.333. The third kappa shape index (κ3) is 2.97. The summed E-state index contributed by atoms with van der Waals surface area (Å²) < 4.78 is 14.0. The molecule has 0 fully saturated rings. The molecule has 2 aromatic rings. The normalized spacial score (nSPS) is 18.5. The van der Waals surface area contributed by atoms with Crippen LogP contribution in [0, 0.1) is 5.82 Å². The minimum atomic E-state index is -0.214. The van der Waals surface area contributed by atoms with Gasteiger partial charge in [-0.25, -0.2) is 4.39 Å². The first-order valence-corrected chi connectivity index (χ1v) is 7.76. The van der Waals surface area contributed by atoms with E-state index in [1.165, 1.54) is 17.2 Å². The maximum Gasteiger partial charge on any atom is 0.127 e. The van der Waals surface area contributed by atoms with Crippen LogP contribution in [-0.4, -0.2) is 13.1 Å². The van der Waals surface area contributed by atoms with Gasteiger partial charge in [0.2, 0.25) is 0 Å². The predicted octanol–water partition coefficient (Wildman–Crippen LogP) is 4.34. The van der Waals surface area contributed by atoms with Crippen LogP contribution in [0.25, 0.3) is 0 Å². The van der Waals surface area contributed by atoms with Gasteiger partial charge >= 0.3 is 0 Å². The van der Waals surface area contributed by atoms with E-state index in [2.05, 4.69) is 29.6 Å². The Balaban J connectivity index is 1.83. The Hall–Kier alpha value is -1.38. The number of halogens is 2. The van der Waals surface area contributed by atoms with Gasteiger partial charge < -0.3 is 5.32 Å². The lowest BCUT2D eigenvalue weighted by molar-refractivity contribution is 0.448. The second kappa shape index (κ2) is 6.17. The number of nitrogens with one attached hydrogen (secondary N) is 1. The number of hydrogen-bond acceptors (Lipinski definition) is 1. The monoisotopic (exact) mass is 303 g/mol. The number of likely N-dealkylation sites (N-methyl/N-ethyl adjacent to an activating group) is 1. The third-order valence-corrected chi connectivity index (χ3v) is 4.73. The smallest absolute Gasteiger partial charge is 0.127 e. The van der Waals surface area contributed by atoms with Crippen molar-refractivity contribution in [3.05, 3.63) is 70.0 Å². The van der Waals surface area contributed by atoms with Crippen LogP contribution in [0.5, 0.6) is 0 Å². The maximum absolute atomic E-state index is 14.0. The van der Waals surface area contributed by atoms with Crippen LogP contribution in [0.1, 0.15) is 29.0 Å². The van der Waals surface area contributed by atoms with Gasteiger partial charge in [-0.2, -0.15) is 0 Å². The Bertz CT molecular complexity index is 641. The molecule has 0 amide bonds. The number of aryl methyl sites for hydroxylation is 1. The summed E-state index contributed by atoms with van der Waals surface area (Å²) in [5.74, 6) is 0.232. The van der Waals surface area contributed by atoms with Crippen molar-refractivity contribution in [2.75, 3.05) is 7.05 Å². The van der Waals surface area contributed by atoms with E-state index in [-0.39, 0.29) is 11.9 Å². The molecule has 0 saturated carbocycles. The van der Waals surface area contributed by atoms with Gasteiger partial charge in [-0.3, -0.25) is 0 Å². The molecular weight excluding hydrogens is 285 g/mol. The van der Waals surface area contributed by atoms with E-state index >= 15 is 0 Å². The number of hydrogen-bond donors (Lipinski definition) is 1. The zero-order valence-electron chi connectivity index (χ0n) is 12.1. The van der Waals surface area contributed by atoms with Gasteiger partial charge in [-0.15, -0.1) is 0 Å². The Morgan fingerprint density at radius 1 is 1.29 bits per heavy atom. The third-order valence-electron chi connectivity index (χ3n) is 4.49. The van der Waals surface area contributed by atoms with Crippen LogP contribution in [0.3, 0.4) is 0 Å². The van der Waals surface area contributed by atoms with Crippen molar-refractivity contribution in [1.29, 1.82) is 0 Å². The quantitative estimate of drug-likeness (QED) is 0.886. The lowest BCUT2D eigenvalue weighted by atomic mass is 9.89. The highest BCUT2D eigenvalue weighted by Gasteiger charge is 2.29. The molecule has 0 aliphatic heterocycles. The summed E-state index contributed by atoms with van der Waals surface area (Å²) in [7, 11) is 1.96. The summed E-state index contributed by atoms with van der Waals surface area (Å²) >= 11 is 5.83. The largest absolute Gasteiger partial charge is 0.316 e. The topological polar surface area (TPSA) is 12.0 Å². The molecule has 0 saturated heterocycles. The van der Waals surface area contributed by atoms with Gasteiger partial charge in [0.05, 0.1) is 0 Å². The minimum Gasteiger partial charge on any atom is -0.316 e. The zero-order chi connectivity index (χ0) is 14.8. The van der Waals surface area contributed by atoms with Gasteiger partial charge in [-0.05, 0) is 55.1 Å². The molecule has 0 aromatic heterocycles. The average molecular weight is 304 g/mol. The van der Waals surface area contributed by atoms with Crippen molar-refractivity contribution in [3.63, 3.8) is 0 Å². The van der Waals surface area contributed by atoms with Gasteiger partial charge in [-0.1, -0.05) is 41.9 Å². The van der Waals surface area contributed by atoms with Crippen LogP contribution >= 0.6 is 11.6 Å². The first-order valence-electron chi connectivity index (χ1n) is 7.38. The number of rotatable bonds is 4. The molecular formula is C18H19ClFN. The molecule has 1 aliphatic rings. The highest BCUT2D eigenvalue weighted by molar-refractivity contribution is 6.30. The molecule has 110 valence electrons. The summed E-state index contributed by atoms with van der Waals surface area (Å²) in [6.07, 6.45) is 2.92. The van der Waals surface area contributed by atoms with Crippen LogP contribution in [0.2, 0.25) is 5.02 Å². The number of benzene rings is 2. The average Bonchev–Trinajstić information content (AvgIpc) is 2.91. The van der Waals surface area contributed by atoms with Gasteiger partial charge in [0, 0.05) is 17.0 Å². The Morgan fingerprint density at radius 3 is 2.86 bits per heavy atom. The van der Waals surface area contributed by atoms with Crippen molar-refractivity contribution in [3.8, 4) is 0 Å². The van der Waals surface area contributed by atoms with Gasteiger partial charge in [0.1, 0.15) is 5.82 Å². The minimum absolute atomic E-state index is 0.214. The van der Waals surface area contributed by atoms with Gasteiger partial charge in [0.25, 0.3) is 0 Å². The molecule has 1 N–H and O–H groups in total. The highest BCUT2D eigenvalue weighted by Crippen LogP contribution is 2.36. The predicted molar refractivity (Wildman–Crippen MR) is 85.5 cm³/mol. The van der Waals surface area contributed by atoms with Crippen molar-refractivity contribution >= 4 is 11.6 Å². The van der Waals surface area contributed by atoms with Crippen LogP contribution in [0.4, 0.5) is 4.39 Å². The first-order chi connectivity index (χ1) is 10.2. The van der Waals surface area contributed by atoms with Crippen LogP contribution in [0.15, 0.2) is 42.5 Å². The molecule has 0 radical (unpaired) electrons. The summed E-state index contributed by atoms with van der Waals surface area (Å²) in [5.41, 5.74) is 3.56. The SMILES string of the molecule is CNC(Cc1ccc(Cl)cc1F)C1CCc2ccccc21. The molecule has 1 nitrogen and oxygen atoms in total. The highest BCUT2D eigenvalue weighted by atomic mass is 35.5. The summed E-state index contributed by atoms with van der Waals surface area (Å²) in [5, 5.41) is 3.82.